The number of hydrogen-bond acceptors (Lipinski definition) is 2. The van der Waals surface area contributed by atoms with Crippen LogP contribution in [0.1, 0.15) is 18.4 Å². The maximum Gasteiger partial charge on any atom is 0.471 e. The van der Waals surface area contributed by atoms with Crippen LogP contribution in [0.4, 0.5) is 13.2 Å². The van der Waals surface area contributed by atoms with E-state index in [1.54, 1.807) is 36.4 Å². The van der Waals surface area contributed by atoms with Gasteiger partial charge in [0.05, 0.1) is 6.07 Å². The van der Waals surface area contributed by atoms with Gasteiger partial charge in [0.25, 0.3) is 0 Å². The molecule has 1 aromatic carbocycles. The van der Waals surface area contributed by atoms with Crippen molar-refractivity contribution in [1.29, 1.82) is 5.26 Å². The van der Waals surface area contributed by atoms with E-state index < -0.39 is 18.1 Å². The molecule has 0 radical (unpaired) electrons. The third-order valence-corrected chi connectivity index (χ3v) is 3.93. The minimum Gasteiger partial charge on any atom is -0.311 e. The summed E-state index contributed by atoms with van der Waals surface area (Å²) in [7, 11) is 0. The minimum atomic E-state index is -5.05. The standard InChI is InChI=1S/C17H14ClF3N2O/c18-14-8-6-13(7-9-14)15(10-22)23(16(24)17(19,20)21)11-12-4-2-1-3-5-12/h1-6,8,15H,7,9,11H2. The third-order valence-electron chi connectivity index (χ3n) is 3.62. The summed E-state index contributed by atoms with van der Waals surface area (Å²) >= 11 is 5.85. The van der Waals surface area contributed by atoms with Gasteiger partial charge >= 0.3 is 12.1 Å². The summed E-state index contributed by atoms with van der Waals surface area (Å²) in [6.45, 7) is -0.299. The Balaban J connectivity index is 2.37. The average molecular weight is 355 g/mol. The Kier molecular flexibility index (Phi) is 5.68. The third kappa shape index (κ3) is 4.39. The van der Waals surface area contributed by atoms with Crippen molar-refractivity contribution in [2.24, 2.45) is 0 Å². The van der Waals surface area contributed by atoms with Crippen molar-refractivity contribution in [3.05, 3.63) is 58.7 Å². The molecule has 0 aliphatic heterocycles. The number of rotatable bonds is 4. The summed E-state index contributed by atoms with van der Waals surface area (Å²) in [4.78, 5) is 12.4. The zero-order valence-electron chi connectivity index (χ0n) is 12.6. The predicted molar refractivity (Wildman–Crippen MR) is 83.7 cm³/mol. The molecule has 0 saturated carbocycles. The van der Waals surface area contributed by atoms with Crippen LogP contribution in [0.25, 0.3) is 0 Å². The van der Waals surface area contributed by atoms with Gasteiger partial charge in [0.2, 0.25) is 0 Å². The molecule has 0 spiro atoms. The Bertz CT molecular complexity index is 705. The number of nitrogens with zero attached hydrogens (tertiary/aromatic N) is 2. The minimum absolute atomic E-state index is 0.299. The number of hydrogen-bond donors (Lipinski definition) is 0. The second-order valence-corrected chi connectivity index (χ2v) is 5.79. The predicted octanol–water partition coefficient (Wildman–Crippen LogP) is 4.31. The fraction of sp³-hybridized carbons (Fsp3) is 0.294. The largest absolute Gasteiger partial charge is 0.471 e. The molecule has 0 fully saturated rings. The van der Waals surface area contributed by atoms with E-state index in [0.29, 0.717) is 33.9 Å². The number of carbonyl (C=O) groups is 1. The van der Waals surface area contributed by atoms with Gasteiger partial charge in [0, 0.05) is 11.6 Å². The molecule has 3 nitrogen and oxygen atoms in total. The Morgan fingerprint density at radius 2 is 1.92 bits per heavy atom. The van der Waals surface area contributed by atoms with Crippen LogP contribution in [-0.4, -0.2) is 23.0 Å². The van der Waals surface area contributed by atoms with Crippen LogP contribution >= 0.6 is 11.6 Å². The molecule has 2 rings (SSSR count). The van der Waals surface area contributed by atoms with E-state index in [0.717, 1.165) is 0 Å². The first-order valence-electron chi connectivity index (χ1n) is 7.19. The van der Waals surface area contributed by atoms with Gasteiger partial charge in [-0.15, -0.1) is 0 Å². The Labute approximate surface area is 142 Å². The second-order valence-electron chi connectivity index (χ2n) is 5.30. The van der Waals surface area contributed by atoms with Gasteiger partial charge in [-0.3, -0.25) is 4.79 Å². The Morgan fingerprint density at radius 1 is 1.25 bits per heavy atom. The van der Waals surface area contributed by atoms with Crippen molar-refractivity contribution in [3.63, 3.8) is 0 Å². The van der Waals surface area contributed by atoms with E-state index in [4.69, 9.17) is 11.6 Å². The molecule has 1 aromatic rings. The monoisotopic (exact) mass is 354 g/mol. The lowest BCUT2D eigenvalue weighted by Gasteiger charge is -2.30. The molecule has 0 heterocycles. The first-order valence-corrected chi connectivity index (χ1v) is 7.57. The highest BCUT2D eigenvalue weighted by Crippen LogP contribution is 2.29. The Hall–Kier alpha value is -2.26. The second kappa shape index (κ2) is 7.54. The van der Waals surface area contributed by atoms with Crippen LogP contribution in [0.15, 0.2) is 53.1 Å². The van der Waals surface area contributed by atoms with E-state index in [-0.39, 0.29) is 6.54 Å². The molecule has 126 valence electrons. The molecule has 1 unspecified atom stereocenters. The van der Waals surface area contributed by atoms with Crippen molar-refractivity contribution in [2.45, 2.75) is 31.6 Å². The fourth-order valence-corrected chi connectivity index (χ4v) is 2.59. The van der Waals surface area contributed by atoms with Crippen molar-refractivity contribution in [3.8, 4) is 6.07 Å². The number of alkyl halides is 3. The zero-order chi connectivity index (χ0) is 17.7. The van der Waals surface area contributed by atoms with Crippen molar-refractivity contribution in [1.82, 2.24) is 4.90 Å². The van der Waals surface area contributed by atoms with Gasteiger partial charge in [-0.2, -0.15) is 18.4 Å². The summed E-state index contributed by atoms with van der Waals surface area (Å²) in [5.74, 6) is -2.03. The molecule has 7 heteroatoms. The van der Waals surface area contributed by atoms with Gasteiger partial charge in [0.1, 0.15) is 6.04 Å². The smallest absolute Gasteiger partial charge is 0.311 e. The van der Waals surface area contributed by atoms with Gasteiger partial charge in [-0.05, 0) is 30.1 Å². The molecule has 1 aliphatic rings. The SMILES string of the molecule is N#CC(C1=CC=C(Cl)CC1)N(Cc1ccccc1)C(=O)C(F)(F)F. The quantitative estimate of drug-likeness (QED) is 0.808. The maximum atomic E-state index is 13.0. The number of allylic oxidation sites excluding steroid dienone is 3. The van der Waals surface area contributed by atoms with Crippen molar-refractivity contribution < 1.29 is 18.0 Å². The van der Waals surface area contributed by atoms with Crippen molar-refractivity contribution in [2.75, 3.05) is 0 Å². The van der Waals surface area contributed by atoms with Crippen LogP contribution < -0.4 is 0 Å². The summed E-state index contributed by atoms with van der Waals surface area (Å²) in [5.41, 5.74) is 0.954. The molecular weight excluding hydrogens is 341 g/mol. The van der Waals surface area contributed by atoms with Gasteiger partial charge in [-0.25, -0.2) is 0 Å². The molecule has 0 N–H and O–H groups in total. The van der Waals surface area contributed by atoms with Crippen LogP contribution in [0.5, 0.6) is 0 Å². The summed E-state index contributed by atoms with van der Waals surface area (Å²) in [5, 5.41) is 9.96. The van der Waals surface area contributed by atoms with Crippen LogP contribution in [0.2, 0.25) is 0 Å². The normalized spacial score (nSPS) is 15.8. The molecule has 1 amide bonds. The number of nitriles is 1. The lowest BCUT2D eigenvalue weighted by Crippen LogP contribution is -2.47. The van der Waals surface area contributed by atoms with Crippen LogP contribution in [0.3, 0.4) is 0 Å². The first kappa shape index (κ1) is 18.1. The zero-order valence-corrected chi connectivity index (χ0v) is 13.3. The summed E-state index contributed by atoms with van der Waals surface area (Å²) < 4.78 is 38.9. The van der Waals surface area contributed by atoms with Crippen molar-refractivity contribution >= 4 is 17.5 Å². The van der Waals surface area contributed by atoms with Gasteiger partial charge in [0.15, 0.2) is 0 Å². The first-order chi connectivity index (χ1) is 11.3. The van der Waals surface area contributed by atoms with E-state index >= 15 is 0 Å². The van der Waals surface area contributed by atoms with E-state index in [2.05, 4.69) is 0 Å². The van der Waals surface area contributed by atoms with Crippen LogP contribution in [-0.2, 0) is 11.3 Å². The Morgan fingerprint density at radius 3 is 2.42 bits per heavy atom. The lowest BCUT2D eigenvalue weighted by atomic mass is 9.96. The number of carbonyl (C=O) groups excluding carboxylic acids is 1. The van der Waals surface area contributed by atoms with Gasteiger partial charge in [-0.1, -0.05) is 48.0 Å². The summed E-state index contributed by atoms with van der Waals surface area (Å²) in [6, 6.07) is 8.79. The molecule has 24 heavy (non-hydrogen) atoms. The van der Waals surface area contributed by atoms with E-state index in [9.17, 15) is 23.2 Å². The highest BCUT2D eigenvalue weighted by atomic mass is 35.5. The number of amides is 1. The lowest BCUT2D eigenvalue weighted by molar-refractivity contribution is -0.187. The maximum absolute atomic E-state index is 13.0. The number of benzene rings is 1. The van der Waals surface area contributed by atoms with Gasteiger partial charge < -0.3 is 4.90 Å². The van der Waals surface area contributed by atoms with Crippen LogP contribution in [0, 0.1) is 11.3 Å². The van der Waals surface area contributed by atoms with E-state index in [1.165, 1.54) is 6.08 Å². The molecule has 0 saturated heterocycles. The molecule has 1 atom stereocenters. The highest BCUT2D eigenvalue weighted by molar-refractivity contribution is 6.29. The summed E-state index contributed by atoms with van der Waals surface area (Å²) in [6.07, 6.45) is -1.22. The molecule has 0 bridgehead atoms. The molecule has 1 aliphatic carbocycles. The molecule has 0 aromatic heterocycles. The van der Waals surface area contributed by atoms with E-state index in [1.807, 2.05) is 6.07 Å². The number of halogens is 4. The fourth-order valence-electron chi connectivity index (χ4n) is 2.43. The topological polar surface area (TPSA) is 44.1 Å². The average Bonchev–Trinajstić information content (AvgIpc) is 2.55. The highest BCUT2D eigenvalue weighted by Gasteiger charge is 2.45. The molecular formula is C17H14ClF3N2O.